The Morgan fingerprint density at radius 2 is 1.04 bits per heavy atom. The minimum absolute atomic E-state index is 0.00395. The first-order valence-corrected chi connectivity index (χ1v) is 18.3. The zero-order valence-electron chi connectivity index (χ0n) is 26.8. The molecule has 2 heterocycles. The summed E-state index contributed by atoms with van der Waals surface area (Å²) in [6.45, 7) is 8.26. The first-order chi connectivity index (χ1) is 22.3. The number of carbonyl (C=O) groups excluding carboxylic acids is 2. The number of fused-ring (bicyclic) bond motifs is 2. The van der Waals surface area contributed by atoms with Crippen LogP contribution in [0.15, 0.2) is 94.7 Å². The van der Waals surface area contributed by atoms with Gasteiger partial charge in [0.1, 0.15) is 0 Å². The van der Waals surface area contributed by atoms with Crippen LogP contribution >= 0.6 is 0 Å². The fraction of sp³-hybridized carbons (Fsp3) is 0.257. The van der Waals surface area contributed by atoms with E-state index in [1.54, 1.807) is 83.5 Å². The molecule has 2 N–H and O–H groups in total. The van der Waals surface area contributed by atoms with E-state index in [2.05, 4.69) is 9.44 Å². The van der Waals surface area contributed by atoms with E-state index in [1.807, 2.05) is 32.0 Å². The van der Waals surface area contributed by atoms with Crippen molar-refractivity contribution in [2.75, 3.05) is 32.3 Å². The lowest BCUT2D eigenvalue weighted by Crippen LogP contribution is -2.29. The molecule has 0 bridgehead atoms. The van der Waals surface area contributed by atoms with Crippen molar-refractivity contribution < 1.29 is 26.4 Å². The van der Waals surface area contributed by atoms with Crippen LogP contribution in [-0.4, -0.2) is 41.7 Å². The van der Waals surface area contributed by atoms with Crippen molar-refractivity contribution >= 4 is 54.6 Å². The Morgan fingerprint density at radius 1 is 0.638 bits per heavy atom. The third kappa shape index (κ3) is 7.34. The highest BCUT2D eigenvalue weighted by Gasteiger charge is 2.29. The highest BCUT2D eigenvalue weighted by molar-refractivity contribution is 7.93. The number of anilines is 4. The highest BCUT2D eigenvalue weighted by atomic mass is 32.2. The molecule has 0 saturated heterocycles. The Hall–Kier alpha value is -4.68. The van der Waals surface area contributed by atoms with Gasteiger partial charge in [0.25, 0.3) is 20.0 Å². The average molecular weight is 675 g/mol. The molecule has 0 fully saturated rings. The minimum Gasteiger partial charge on any atom is -0.310 e. The number of hydrogen-bond acceptors (Lipinski definition) is 6. The summed E-state index contributed by atoms with van der Waals surface area (Å²) in [4.78, 5) is 27.6. The topological polar surface area (TPSA) is 133 Å². The van der Waals surface area contributed by atoms with Crippen molar-refractivity contribution in [3.05, 3.63) is 107 Å². The second-order valence-corrected chi connectivity index (χ2v) is 14.9. The molecule has 0 aromatic heterocycles. The zero-order chi connectivity index (χ0) is 33.9. The summed E-state index contributed by atoms with van der Waals surface area (Å²) in [6.07, 6.45) is 1.86. The van der Waals surface area contributed by atoms with E-state index in [0.717, 1.165) is 35.1 Å². The molecular formula is C35H38N4O6S2. The predicted molar refractivity (Wildman–Crippen MR) is 185 cm³/mol. The third-order valence-electron chi connectivity index (χ3n) is 8.12. The van der Waals surface area contributed by atoms with Crippen LogP contribution in [0.25, 0.3) is 0 Å². The normalized spacial score (nSPS) is 13.7. The molecule has 0 atom stereocenters. The van der Waals surface area contributed by atoms with E-state index in [-0.39, 0.29) is 21.6 Å². The van der Waals surface area contributed by atoms with Crippen LogP contribution in [0, 0.1) is 13.8 Å². The first kappa shape index (κ1) is 33.7. The number of hydrogen-bond donors (Lipinski definition) is 2. The van der Waals surface area contributed by atoms with Gasteiger partial charge in [-0.3, -0.25) is 19.0 Å². The summed E-state index contributed by atoms with van der Waals surface area (Å²) in [7, 11) is -7.38. The van der Waals surface area contributed by atoms with Crippen LogP contribution in [0.5, 0.6) is 0 Å². The molecule has 0 unspecified atom stereocenters. The standard InChI is InChI=1S/C18H20N2O3S.C17H18N2O3S/c1-3-17(21)20-12-11-14-5-4-6-16(18(14)20)19-24(22,23)15-9-7-13(2)8-10-15;1-12-6-8-15(9-7-12)23(21,22)18-16-5-3-4-14-10-11-19(13(2)20)17(14)16/h4-10,19H,3,11-12H2,1-2H3;3-9,18H,10-11H2,1-2H3. The molecule has 246 valence electrons. The van der Waals surface area contributed by atoms with Crippen molar-refractivity contribution in [3.8, 4) is 0 Å². The van der Waals surface area contributed by atoms with E-state index < -0.39 is 20.0 Å². The van der Waals surface area contributed by atoms with Crippen molar-refractivity contribution in [2.24, 2.45) is 0 Å². The van der Waals surface area contributed by atoms with Gasteiger partial charge < -0.3 is 9.80 Å². The second-order valence-electron chi connectivity index (χ2n) is 11.5. The van der Waals surface area contributed by atoms with E-state index in [1.165, 1.54) is 6.92 Å². The zero-order valence-corrected chi connectivity index (χ0v) is 28.4. The SMILES string of the molecule is CC(=O)N1CCc2cccc(NS(=O)(=O)c3ccc(C)cc3)c21.CCC(=O)N1CCc2cccc(NS(=O)(=O)c3ccc(C)cc3)c21. The van der Waals surface area contributed by atoms with E-state index >= 15 is 0 Å². The molecule has 0 spiro atoms. The number of nitrogens with one attached hydrogen (secondary N) is 2. The van der Waals surface area contributed by atoms with Gasteiger partial charge in [-0.2, -0.15) is 0 Å². The lowest BCUT2D eigenvalue weighted by Gasteiger charge is -2.20. The number of carbonyl (C=O) groups is 2. The van der Waals surface area contributed by atoms with Crippen molar-refractivity contribution in [1.29, 1.82) is 0 Å². The van der Waals surface area contributed by atoms with Gasteiger partial charge >= 0.3 is 0 Å². The van der Waals surface area contributed by atoms with Crippen LogP contribution < -0.4 is 19.2 Å². The summed E-state index contributed by atoms with van der Waals surface area (Å²) in [6, 6.07) is 24.2. The molecule has 0 saturated carbocycles. The number of rotatable bonds is 7. The summed E-state index contributed by atoms with van der Waals surface area (Å²) in [5, 5.41) is 0. The Morgan fingerprint density at radius 3 is 1.45 bits per heavy atom. The van der Waals surface area contributed by atoms with Gasteiger partial charge in [-0.25, -0.2) is 16.8 Å². The van der Waals surface area contributed by atoms with Crippen LogP contribution in [0.1, 0.15) is 42.5 Å². The average Bonchev–Trinajstić information content (AvgIpc) is 3.68. The van der Waals surface area contributed by atoms with Crippen LogP contribution in [0.4, 0.5) is 22.7 Å². The van der Waals surface area contributed by atoms with E-state index in [4.69, 9.17) is 0 Å². The molecule has 0 aliphatic carbocycles. The number of benzene rings is 4. The van der Waals surface area contributed by atoms with E-state index in [9.17, 15) is 26.4 Å². The monoisotopic (exact) mass is 674 g/mol. The fourth-order valence-electron chi connectivity index (χ4n) is 5.67. The molecule has 2 amide bonds. The second kappa shape index (κ2) is 13.6. The molecule has 6 rings (SSSR count). The van der Waals surface area contributed by atoms with Crippen LogP contribution in [-0.2, 0) is 42.5 Å². The smallest absolute Gasteiger partial charge is 0.261 e. The van der Waals surface area contributed by atoms with Gasteiger partial charge in [-0.1, -0.05) is 66.6 Å². The van der Waals surface area contributed by atoms with Gasteiger partial charge in [0.2, 0.25) is 11.8 Å². The summed E-state index contributed by atoms with van der Waals surface area (Å²) in [5.74, 6) is -0.0959. The fourth-order valence-corrected chi connectivity index (χ4v) is 7.81. The molecular weight excluding hydrogens is 637 g/mol. The molecule has 4 aromatic rings. The molecule has 47 heavy (non-hydrogen) atoms. The van der Waals surface area contributed by atoms with Crippen molar-refractivity contribution in [1.82, 2.24) is 0 Å². The largest absolute Gasteiger partial charge is 0.310 e. The van der Waals surface area contributed by atoms with Gasteiger partial charge in [0.15, 0.2) is 0 Å². The Bertz CT molecular complexity index is 2030. The summed E-state index contributed by atoms with van der Waals surface area (Å²) in [5.41, 5.74) is 6.19. The maximum absolute atomic E-state index is 12.6. The van der Waals surface area contributed by atoms with Gasteiger partial charge in [-0.15, -0.1) is 0 Å². The Labute approximate surface area is 276 Å². The summed E-state index contributed by atoms with van der Waals surface area (Å²) >= 11 is 0. The number of para-hydroxylation sites is 2. The molecule has 4 aromatic carbocycles. The third-order valence-corrected chi connectivity index (χ3v) is 10.9. The number of amides is 2. The van der Waals surface area contributed by atoms with Crippen molar-refractivity contribution in [3.63, 3.8) is 0 Å². The first-order valence-electron chi connectivity index (χ1n) is 15.3. The summed E-state index contributed by atoms with van der Waals surface area (Å²) < 4.78 is 55.7. The molecule has 12 heteroatoms. The predicted octanol–water partition coefficient (Wildman–Crippen LogP) is 5.80. The molecule has 0 radical (unpaired) electrons. The van der Waals surface area contributed by atoms with Crippen LogP contribution in [0.3, 0.4) is 0 Å². The van der Waals surface area contributed by atoms with Crippen LogP contribution in [0.2, 0.25) is 0 Å². The molecule has 2 aliphatic rings. The van der Waals surface area contributed by atoms with Gasteiger partial charge in [0, 0.05) is 26.4 Å². The number of nitrogens with zero attached hydrogens (tertiary/aromatic N) is 2. The van der Waals surface area contributed by atoms with Crippen molar-refractivity contribution in [2.45, 2.75) is 56.7 Å². The molecule has 2 aliphatic heterocycles. The number of aryl methyl sites for hydroxylation is 2. The highest BCUT2D eigenvalue weighted by Crippen LogP contribution is 2.38. The minimum atomic E-state index is -3.70. The Kier molecular flexibility index (Phi) is 9.73. The number of sulfonamides is 2. The lowest BCUT2D eigenvalue weighted by molar-refractivity contribution is -0.118. The van der Waals surface area contributed by atoms with Gasteiger partial charge in [-0.05, 0) is 74.2 Å². The van der Waals surface area contributed by atoms with E-state index in [0.29, 0.717) is 42.3 Å². The lowest BCUT2D eigenvalue weighted by atomic mass is 10.1. The maximum Gasteiger partial charge on any atom is 0.261 e. The quantitative estimate of drug-likeness (QED) is 0.255. The molecule has 10 nitrogen and oxygen atoms in total. The Balaban J connectivity index is 0.000000185. The van der Waals surface area contributed by atoms with Gasteiger partial charge in [0.05, 0.1) is 32.5 Å². The maximum atomic E-state index is 12.6.